The van der Waals surface area contributed by atoms with E-state index in [4.69, 9.17) is 0 Å². The molecule has 0 bridgehead atoms. The van der Waals surface area contributed by atoms with Gasteiger partial charge < -0.3 is 20.5 Å². The van der Waals surface area contributed by atoms with Crippen LogP contribution in [0.2, 0.25) is 0 Å². The molecule has 8 heteroatoms. The molecular weight excluding hydrogens is 396 g/mol. The summed E-state index contributed by atoms with van der Waals surface area (Å²) in [7, 11) is 0. The van der Waals surface area contributed by atoms with Gasteiger partial charge in [-0.1, -0.05) is 18.2 Å². The Bertz CT molecular complexity index is 1070. The van der Waals surface area contributed by atoms with Crippen LogP contribution in [0.1, 0.15) is 29.0 Å². The van der Waals surface area contributed by atoms with Gasteiger partial charge in [0.25, 0.3) is 5.91 Å². The molecule has 3 aromatic rings. The first kappa shape index (κ1) is 19.4. The highest BCUT2D eigenvalue weighted by molar-refractivity contribution is 7.99. The van der Waals surface area contributed by atoms with E-state index in [1.54, 1.807) is 6.33 Å². The van der Waals surface area contributed by atoms with Crippen molar-refractivity contribution in [3.05, 3.63) is 53.6 Å². The number of H-pyrrole nitrogens is 1. The van der Waals surface area contributed by atoms with E-state index in [-0.39, 0.29) is 11.9 Å². The lowest BCUT2D eigenvalue weighted by Gasteiger charge is -2.36. The van der Waals surface area contributed by atoms with E-state index in [1.165, 1.54) is 10.9 Å². The Morgan fingerprint density at radius 1 is 1.27 bits per heavy atom. The van der Waals surface area contributed by atoms with Gasteiger partial charge in [0.15, 0.2) is 6.04 Å². The number of quaternary nitrogens is 1. The number of thioether (sulfide) groups is 1. The van der Waals surface area contributed by atoms with Crippen LogP contribution in [0.5, 0.6) is 0 Å². The molecule has 1 saturated heterocycles. The van der Waals surface area contributed by atoms with E-state index in [0.29, 0.717) is 24.8 Å². The minimum absolute atomic E-state index is 0.136. The molecule has 0 aliphatic carbocycles. The van der Waals surface area contributed by atoms with Crippen molar-refractivity contribution in [3.8, 4) is 0 Å². The molecule has 156 valence electrons. The van der Waals surface area contributed by atoms with Gasteiger partial charge in [0.2, 0.25) is 0 Å². The van der Waals surface area contributed by atoms with E-state index in [1.807, 2.05) is 35.0 Å². The lowest BCUT2D eigenvalue weighted by atomic mass is 10.0. The maximum absolute atomic E-state index is 13.0. The van der Waals surface area contributed by atoms with Crippen molar-refractivity contribution >= 4 is 34.4 Å². The van der Waals surface area contributed by atoms with Gasteiger partial charge in [-0.25, -0.2) is 9.97 Å². The number of benzene rings is 1. The second-order valence-electron chi connectivity index (χ2n) is 8.08. The van der Waals surface area contributed by atoms with Crippen molar-refractivity contribution in [2.24, 2.45) is 0 Å². The Morgan fingerprint density at radius 3 is 2.90 bits per heavy atom. The average molecular weight is 424 g/mol. The zero-order valence-electron chi connectivity index (χ0n) is 17.2. The number of hydrogen-bond acceptors (Lipinski definition) is 5. The molecule has 4 N–H and O–H groups in total. The van der Waals surface area contributed by atoms with Crippen molar-refractivity contribution in [2.75, 3.05) is 31.1 Å². The first-order valence-electron chi connectivity index (χ1n) is 10.5. The SMILES string of the molecule is C[C@@H]1SCc2ncnc(N3CCN(C(=O)[C@H]([NH3+])Cc4c[nH]c5ccccc45)CC3)c21. The van der Waals surface area contributed by atoms with Gasteiger partial charge in [-0.3, -0.25) is 4.79 Å². The third kappa shape index (κ3) is 3.44. The lowest BCUT2D eigenvalue weighted by molar-refractivity contribution is -0.405. The number of hydrogen-bond donors (Lipinski definition) is 2. The predicted molar refractivity (Wildman–Crippen MR) is 119 cm³/mol. The summed E-state index contributed by atoms with van der Waals surface area (Å²) in [4.78, 5) is 29.7. The summed E-state index contributed by atoms with van der Waals surface area (Å²) in [6.45, 7) is 5.23. The van der Waals surface area contributed by atoms with Gasteiger partial charge in [0, 0.05) is 66.3 Å². The fourth-order valence-corrected chi connectivity index (χ4v) is 5.59. The summed E-state index contributed by atoms with van der Waals surface area (Å²) in [5.74, 6) is 2.15. The summed E-state index contributed by atoms with van der Waals surface area (Å²) in [5, 5.41) is 1.60. The standard InChI is InChI=1S/C22H26N6OS/c1-14-20-19(12-30-14)25-13-26-21(20)27-6-8-28(9-7-27)22(29)17(23)10-15-11-24-18-5-3-2-4-16(15)18/h2-5,11,13-14,17,24H,6-10,12,23H2,1H3/p+1/t14-,17+/m0/s1. The zero-order valence-corrected chi connectivity index (χ0v) is 18.0. The largest absolute Gasteiger partial charge is 0.361 e. The van der Waals surface area contributed by atoms with Crippen molar-refractivity contribution < 1.29 is 10.5 Å². The second-order valence-corrected chi connectivity index (χ2v) is 9.41. The minimum atomic E-state index is -0.282. The summed E-state index contributed by atoms with van der Waals surface area (Å²) in [6, 6.07) is 7.91. The third-order valence-electron chi connectivity index (χ3n) is 6.20. The molecule has 2 atom stereocenters. The first-order valence-corrected chi connectivity index (χ1v) is 11.5. The number of anilines is 1. The normalized spacial score (nSPS) is 19.9. The van der Waals surface area contributed by atoms with Crippen molar-refractivity contribution in [3.63, 3.8) is 0 Å². The van der Waals surface area contributed by atoms with Gasteiger partial charge in [0.1, 0.15) is 12.1 Å². The van der Waals surface area contributed by atoms with Crippen LogP contribution >= 0.6 is 11.8 Å². The molecule has 1 aromatic carbocycles. The Morgan fingerprint density at radius 2 is 2.07 bits per heavy atom. The molecule has 0 unspecified atom stereocenters. The predicted octanol–water partition coefficient (Wildman–Crippen LogP) is 1.77. The van der Waals surface area contributed by atoms with Crippen LogP contribution < -0.4 is 10.6 Å². The fraction of sp³-hybridized carbons (Fsp3) is 0.409. The second kappa shape index (κ2) is 7.92. The van der Waals surface area contributed by atoms with Crippen LogP contribution in [-0.4, -0.2) is 58.0 Å². The number of piperazine rings is 1. The lowest BCUT2D eigenvalue weighted by Crippen LogP contribution is -2.70. The van der Waals surface area contributed by atoms with Gasteiger partial charge in [-0.05, 0) is 18.6 Å². The van der Waals surface area contributed by atoms with E-state index in [2.05, 4.69) is 44.6 Å². The minimum Gasteiger partial charge on any atom is -0.361 e. The Labute approximate surface area is 180 Å². The molecule has 2 aliphatic rings. The maximum Gasteiger partial charge on any atom is 0.281 e. The van der Waals surface area contributed by atoms with E-state index in [0.717, 1.165) is 41.4 Å². The number of carbonyl (C=O) groups excluding carboxylic acids is 1. The van der Waals surface area contributed by atoms with E-state index >= 15 is 0 Å². The van der Waals surface area contributed by atoms with Crippen LogP contribution in [0.15, 0.2) is 36.8 Å². The highest BCUT2D eigenvalue weighted by atomic mass is 32.2. The number of nitrogens with one attached hydrogen (secondary N) is 1. The molecule has 0 spiro atoms. The first-order chi connectivity index (χ1) is 14.6. The van der Waals surface area contributed by atoms with Crippen molar-refractivity contribution in [1.29, 1.82) is 0 Å². The molecule has 1 fully saturated rings. The third-order valence-corrected chi connectivity index (χ3v) is 7.38. The summed E-state index contributed by atoms with van der Waals surface area (Å²) < 4.78 is 0. The van der Waals surface area contributed by atoms with Crippen molar-refractivity contribution in [1.82, 2.24) is 19.9 Å². The Kier molecular flexibility index (Phi) is 5.12. The number of fused-ring (bicyclic) bond motifs is 2. The molecule has 7 nitrogen and oxygen atoms in total. The molecule has 5 rings (SSSR count). The Balaban J connectivity index is 1.24. The van der Waals surface area contributed by atoms with Gasteiger partial charge >= 0.3 is 0 Å². The van der Waals surface area contributed by atoms with Crippen LogP contribution in [0, 0.1) is 0 Å². The number of aromatic nitrogens is 3. The van der Waals surface area contributed by atoms with Gasteiger partial charge in [-0.2, -0.15) is 0 Å². The maximum atomic E-state index is 13.0. The molecule has 2 aromatic heterocycles. The molecule has 0 saturated carbocycles. The number of rotatable bonds is 4. The molecular formula is C22H27N6OS+. The van der Waals surface area contributed by atoms with Crippen LogP contribution in [0.3, 0.4) is 0 Å². The molecule has 0 radical (unpaired) electrons. The molecule has 2 aliphatic heterocycles. The summed E-state index contributed by atoms with van der Waals surface area (Å²) in [5.41, 5.74) is 8.88. The summed E-state index contributed by atoms with van der Waals surface area (Å²) >= 11 is 1.91. The summed E-state index contributed by atoms with van der Waals surface area (Å²) in [6.07, 6.45) is 4.33. The Hall–Kier alpha value is -2.58. The van der Waals surface area contributed by atoms with Gasteiger partial charge in [-0.15, -0.1) is 11.8 Å². The number of aromatic amines is 1. The van der Waals surface area contributed by atoms with E-state index < -0.39 is 0 Å². The van der Waals surface area contributed by atoms with Gasteiger partial charge in [0.05, 0.1) is 5.69 Å². The number of nitrogens with zero attached hydrogens (tertiary/aromatic N) is 4. The number of para-hydroxylation sites is 1. The quantitative estimate of drug-likeness (QED) is 0.667. The van der Waals surface area contributed by atoms with Crippen LogP contribution in [-0.2, 0) is 17.0 Å². The smallest absolute Gasteiger partial charge is 0.281 e. The monoisotopic (exact) mass is 423 g/mol. The molecule has 30 heavy (non-hydrogen) atoms. The molecule has 1 amide bonds. The van der Waals surface area contributed by atoms with E-state index in [9.17, 15) is 4.79 Å². The van der Waals surface area contributed by atoms with Crippen LogP contribution in [0.4, 0.5) is 5.82 Å². The fourth-order valence-electron chi connectivity index (χ4n) is 4.54. The van der Waals surface area contributed by atoms with Crippen LogP contribution in [0.25, 0.3) is 10.9 Å². The average Bonchev–Trinajstić information content (AvgIpc) is 3.37. The topological polar surface area (TPSA) is 92.8 Å². The van der Waals surface area contributed by atoms with Crippen molar-refractivity contribution in [2.45, 2.75) is 30.4 Å². The highest BCUT2D eigenvalue weighted by Crippen LogP contribution is 2.44. The highest BCUT2D eigenvalue weighted by Gasteiger charge is 2.32. The molecule has 4 heterocycles. The zero-order chi connectivity index (χ0) is 20.7. The number of amides is 1. The number of carbonyl (C=O) groups is 1.